The topological polar surface area (TPSA) is 38.6 Å². The third-order valence-electron chi connectivity index (χ3n) is 2.60. The van der Waals surface area contributed by atoms with E-state index in [9.17, 15) is 0 Å². The van der Waals surface area contributed by atoms with Crippen molar-refractivity contribution in [1.82, 2.24) is 14.7 Å². The average Bonchev–Trinajstić information content (AvgIpc) is 2.70. The Morgan fingerprint density at radius 3 is 3.19 bits per heavy atom. The minimum absolute atomic E-state index is 0.732. The zero-order valence-corrected chi connectivity index (χ0v) is 9.73. The molecule has 0 atom stereocenters. The lowest BCUT2D eigenvalue weighted by atomic mass is 10.3. The Labute approximate surface area is 95.3 Å². The summed E-state index contributed by atoms with van der Waals surface area (Å²) in [7, 11) is 1.71. The summed E-state index contributed by atoms with van der Waals surface area (Å²) in [5, 5.41) is 3.31. The summed E-state index contributed by atoms with van der Waals surface area (Å²) in [5.41, 5.74) is 3.41. The lowest BCUT2D eigenvalue weighted by molar-refractivity contribution is 0.199. The fourth-order valence-electron chi connectivity index (χ4n) is 1.72. The van der Waals surface area contributed by atoms with Crippen molar-refractivity contribution in [1.29, 1.82) is 0 Å². The van der Waals surface area contributed by atoms with Crippen molar-refractivity contribution in [3.63, 3.8) is 0 Å². The molecule has 0 amide bonds. The van der Waals surface area contributed by atoms with Gasteiger partial charge in [0.15, 0.2) is 0 Å². The molecule has 1 N–H and O–H groups in total. The van der Waals surface area contributed by atoms with Gasteiger partial charge in [-0.25, -0.2) is 4.98 Å². The molecule has 86 valence electrons. The molecule has 16 heavy (non-hydrogen) atoms. The van der Waals surface area contributed by atoms with Crippen LogP contribution in [-0.4, -0.2) is 29.6 Å². The Bertz CT molecular complexity index is 464. The smallest absolute Gasteiger partial charge is 0.139 e. The number of methoxy groups -OCH3 is 1. The summed E-state index contributed by atoms with van der Waals surface area (Å²) in [6, 6.07) is 4.12. The first-order valence-electron chi connectivity index (χ1n) is 5.44. The van der Waals surface area contributed by atoms with E-state index in [0.717, 1.165) is 25.3 Å². The van der Waals surface area contributed by atoms with E-state index in [4.69, 9.17) is 4.74 Å². The number of nitrogens with one attached hydrogen (secondary N) is 1. The summed E-state index contributed by atoms with van der Waals surface area (Å²) in [5.74, 6) is 0. The number of fused-ring (bicyclic) bond motifs is 1. The number of aryl methyl sites for hydroxylation is 1. The van der Waals surface area contributed by atoms with E-state index >= 15 is 0 Å². The maximum atomic E-state index is 4.98. The van der Waals surface area contributed by atoms with Gasteiger partial charge in [-0.2, -0.15) is 0 Å². The highest BCUT2D eigenvalue weighted by Crippen LogP contribution is 2.10. The highest BCUT2D eigenvalue weighted by molar-refractivity contribution is 5.48. The van der Waals surface area contributed by atoms with E-state index in [-0.39, 0.29) is 0 Å². The molecule has 2 rings (SSSR count). The van der Waals surface area contributed by atoms with Crippen LogP contribution in [0.5, 0.6) is 0 Å². The van der Waals surface area contributed by atoms with Gasteiger partial charge >= 0.3 is 0 Å². The van der Waals surface area contributed by atoms with E-state index in [1.54, 1.807) is 7.11 Å². The van der Waals surface area contributed by atoms with Crippen molar-refractivity contribution in [3.05, 3.63) is 35.8 Å². The standard InChI is InChI=1S/C12H17N3O/c1-10-4-3-6-15-11(9-14-12(10)15)8-13-5-7-16-2/h3-4,6,9,13H,5,7-8H2,1-2H3. The van der Waals surface area contributed by atoms with Crippen LogP contribution in [0.4, 0.5) is 0 Å². The highest BCUT2D eigenvalue weighted by atomic mass is 16.5. The quantitative estimate of drug-likeness (QED) is 0.772. The average molecular weight is 219 g/mol. The van der Waals surface area contributed by atoms with Crippen molar-refractivity contribution in [2.24, 2.45) is 0 Å². The molecule has 4 heteroatoms. The normalized spacial score (nSPS) is 11.1. The first-order valence-corrected chi connectivity index (χ1v) is 5.44. The molecule has 2 heterocycles. The van der Waals surface area contributed by atoms with Crippen LogP contribution < -0.4 is 5.32 Å². The van der Waals surface area contributed by atoms with E-state index < -0.39 is 0 Å². The number of ether oxygens (including phenoxy) is 1. The molecule has 0 aliphatic rings. The molecule has 0 fully saturated rings. The first-order chi connectivity index (χ1) is 7.83. The molecule has 2 aromatic rings. The number of hydrogen-bond donors (Lipinski definition) is 1. The second kappa shape index (κ2) is 5.09. The molecule has 0 aromatic carbocycles. The summed E-state index contributed by atoms with van der Waals surface area (Å²) < 4.78 is 7.10. The van der Waals surface area contributed by atoms with E-state index in [0.29, 0.717) is 0 Å². The van der Waals surface area contributed by atoms with E-state index in [1.807, 2.05) is 18.5 Å². The molecular formula is C12H17N3O. The van der Waals surface area contributed by atoms with Crippen LogP contribution in [0.1, 0.15) is 11.3 Å². The van der Waals surface area contributed by atoms with Gasteiger partial charge in [0.25, 0.3) is 0 Å². The van der Waals surface area contributed by atoms with Crippen LogP contribution in [0.15, 0.2) is 24.5 Å². The maximum Gasteiger partial charge on any atom is 0.139 e. The van der Waals surface area contributed by atoms with E-state index in [1.165, 1.54) is 11.3 Å². The molecule has 4 nitrogen and oxygen atoms in total. The van der Waals surface area contributed by atoms with Crippen LogP contribution in [0.25, 0.3) is 5.65 Å². The zero-order valence-electron chi connectivity index (χ0n) is 9.73. The maximum absolute atomic E-state index is 4.98. The largest absolute Gasteiger partial charge is 0.383 e. The Hall–Kier alpha value is -1.39. The van der Waals surface area contributed by atoms with Crippen molar-refractivity contribution in [2.45, 2.75) is 13.5 Å². The van der Waals surface area contributed by atoms with Gasteiger partial charge in [-0.15, -0.1) is 0 Å². The van der Waals surface area contributed by atoms with Crippen LogP contribution in [0.3, 0.4) is 0 Å². The number of hydrogen-bond acceptors (Lipinski definition) is 3. The van der Waals surface area contributed by atoms with Gasteiger partial charge in [0.2, 0.25) is 0 Å². The Morgan fingerprint density at radius 1 is 1.50 bits per heavy atom. The predicted octanol–water partition coefficient (Wildman–Crippen LogP) is 1.38. The number of aromatic nitrogens is 2. The second-order valence-electron chi connectivity index (χ2n) is 3.80. The lowest BCUT2D eigenvalue weighted by Crippen LogP contribution is -2.19. The molecular weight excluding hydrogens is 202 g/mol. The summed E-state index contributed by atoms with van der Waals surface area (Å²) >= 11 is 0. The van der Waals surface area contributed by atoms with Gasteiger partial charge in [0.1, 0.15) is 5.65 Å². The van der Waals surface area contributed by atoms with Crippen molar-refractivity contribution in [2.75, 3.05) is 20.3 Å². The third-order valence-corrected chi connectivity index (χ3v) is 2.60. The monoisotopic (exact) mass is 219 g/mol. The number of pyridine rings is 1. The van der Waals surface area contributed by atoms with Crippen LogP contribution >= 0.6 is 0 Å². The third kappa shape index (κ3) is 2.23. The lowest BCUT2D eigenvalue weighted by Gasteiger charge is -2.04. The van der Waals surface area contributed by atoms with Gasteiger partial charge in [-0.05, 0) is 18.6 Å². The summed E-state index contributed by atoms with van der Waals surface area (Å²) in [6.45, 7) is 4.48. The fraction of sp³-hybridized carbons (Fsp3) is 0.417. The van der Waals surface area contributed by atoms with Crippen LogP contribution in [0.2, 0.25) is 0 Å². The molecule has 0 radical (unpaired) electrons. The molecule has 0 unspecified atom stereocenters. The van der Waals surface area contributed by atoms with Gasteiger partial charge in [0, 0.05) is 26.4 Å². The molecule has 0 saturated carbocycles. The first kappa shape index (κ1) is 11.1. The van der Waals surface area contributed by atoms with Gasteiger partial charge in [-0.1, -0.05) is 6.07 Å². The van der Waals surface area contributed by atoms with Crippen molar-refractivity contribution in [3.8, 4) is 0 Å². The molecule has 0 aliphatic heterocycles. The second-order valence-corrected chi connectivity index (χ2v) is 3.80. The Balaban J connectivity index is 2.10. The zero-order chi connectivity index (χ0) is 11.4. The summed E-state index contributed by atoms with van der Waals surface area (Å²) in [4.78, 5) is 4.41. The number of nitrogens with zero attached hydrogens (tertiary/aromatic N) is 2. The molecule has 0 spiro atoms. The van der Waals surface area contributed by atoms with Crippen molar-refractivity contribution >= 4 is 5.65 Å². The minimum Gasteiger partial charge on any atom is -0.383 e. The SMILES string of the molecule is COCCNCc1cnc2c(C)cccn12. The number of rotatable bonds is 5. The fourth-order valence-corrected chi connectivity index (χ4v) is 1.72. The Morgan fingerprint density at radius 2 is 2.38 bits per heavy atom. The molecule has 0 aliphatic carbocycles. The van der Waals surface area contributed by atoms with Crippen molar-refractivity contribution < 1.29 is 4.74 Å². The minimum atomic E-state index is 0.732. The highest BCUT2D eigenvalue weighted by Gasteiger charge is 2.03. The molecule has 0 saturated heterocycles. The van der Waals surface area contributed by atoms with Gasteiger partial charge < -0.3 is 14.5 Å². The van der Waals surface area contributed by atoms with Crippen LogP contribution in [-0.2, 0) is 11.3 Å². The predicted molar refractivity (Wildman–Crippen MR) is 63.5 cm³/mol. The Kier molecular flexibility index (Phi) is 3.54. The number of imidazole rings is 1. The molecule has 0 bridgehead atoms. The molecule has 2 aromatic heterocycles. The van der Waals surface area contributed by atoms with E-state index in [2.05, 4.69) is 27.7 Å². The van der Waals surface area contributed by atoms with Gasteiger partial charge in [0.05, 0.1) is 18.5 Å². The van der Waals surface area contributed by atoms with Gasteiger partial charge in [-0.3, -0.25) is 0 Å². The van der Waals surface area contributed by atoms with Crippen LogP contribution in [0, 0.1) is 6.92 Å². The summed E-state index contributed by atoms with van der Waals surface area (Å²) in [6.07, 6.45) is 3.96.